The van der Waals surface area contributed by atoms with Crippen molar-refractivity contribution in [3.8, 4) is 39.9 Å². The molecule has 0 saturated heterocycles. The van der Waals surface area contributed by atoms with Gasteiger partial charge in [0, 0.05) is 66.9 Å². The Morgan fingerprint density at radius 1 is 0.942 bits per heavy atom. The third-order valence-electron chi connectivity index (χ3n) is 15.6. The minimum absolute atomic E-state index is 0.0188. The van der Waals surface area contributed by atoms with E-state index in [0.29, 0.717) is 89.4 Å². The SMILES string of the molecule is CNCC1=Cc2c(O)ccc3c2[C@H](Cc2c4c(c5c(c2-3)O[C@@H](CO)CC5)O[C@H](c2ccc(O)c(OC)c2)[C@](CNCNC[C@@](C)(O)CC(C)C)(OCNC2CCCC2)C4)[C@H]1c1ccc2c(c1)=CCN=2. The van der Waals surface area contributed by atoms with Gasteiger partial charge in [-0.1, -0.05) is 51.0 Å². The molecule has 1 saturated carbocycles. The molecule has 0 amide bonds. The summed E-state index contributed by atoms with van der Waals surface area (Å²) < 4.78 is 27.6. The first-order valence-corrected chi connectivity index (χ1v) is 25.3. The minimum atomic E-state index is -1.00. The van der Waals surface area contributed by atoms with Crippen LogP contribution in [0.4, 0.5) is 0 Å². The van der Waals surface area contributed by atoms with Crippen LogP contribution in [0.25, 0.3) is 23.3 Å². The average Bonchev–Trinajstić information content (AvgIpc) is 4.04. The van der Waals surface area contributed by atoms with Gasteiger partial charge in [0.25, 0.3) is 0 Å². The normalized spacial score (nSPS) is 24.1. The summed E-state index contributed by atoms with van der Waals surface area (Å²) in [5, 5.41) is 61.0. The summed E-state index contributed by atoms with van der Waals surface area (Å²) in [6.45, 7) is 8.85. The number of phenolic OH excluding ortho intramolecular Hbond substituents is 2. The van der Waals surface area contributed by atoms with Crippen molar-refractivity contribution in [3.05, 3.63) is 104 Å². The quantitative estimate of drug-likeness (QED) is 0.0448. The fourth-order valence-electron chi connectivity index (χ4n) is 12.6. The van der Waals surface area contributed by atoms with Crippen LogP contribution in [0.1, 0.15) is 116 Å². The molecule has 0 bridgehead atoms. The lowest BCUT2D eigenvalue weighted by Gasteiger charge is -2.48. The van der Waals surface area contributed by atoms with Crippen molar-refractivity contribution in [2.24, 2.45) is 10.9 Å². The highest BCUT2D eigenvalue weighted by atomic mass is 16.6. The van der Waals surface area contributed by atoms with Gasteiger partial charge >= 0.3 is 0 Å². The van der Waals surface area contributed by atoms with Crippen LogP contribution in [0.5, 0.6) is 28.7 Å². The van der Waals surface area contributed by atoms with Gasteiger partial charge in [-0.15, -0.1) is 0 Å². The van der Waals surface area contributed by atoms with E-state index in [-0.39, 0.29) is 29.9 Å². The first-order valence-electron chi connectivity index (χ1n) is 25.3. The van der Waals surface area contributed by atoms with Crippen LogP contribution in [0.3, 0.4) is 0 Å². The highest BCUT2D eigenvalue weighted by molar-refractivity contribution is 5.89. The fraction of sp³-hybridized carbons (Fsp3) is 0.518. The third-order valence-corrected chi connectivity index (χ3v) is 15.6. The topological polar surface area (TPSA) is 178 Å². The van der Waals surface area contributed by atoms with E-state index in [0.717, 1.165) is 79.4 Å². The van der Waals surface area contributed by atoms with Gasteiger partial charge in [0.1, 0.15) is 29.0 Å². The molecule has 1 fully saturated rings. The number of phenols is 2. The van der Waals surface area contributed by atoms with Gasteiger partial charge in [-0.25, -0.2) is 0 Å². The summed E-state index contributed by atoms with van der Waals surface area (Å²) in [5.74, 6) is 2.39. The zero-order chi connectivity index (χ0) is 48.0. The van der Waals surface area contributed by atoms with Crippen LogP contribution in [0.15, 0.2) is 59.1 Å². The monoisotopic (exact) mass is 942 g/mol. The van der Waals surface area contributed by atoms with Crippen molar-refractivity contribution in [2.45, 2.75) is 120 Å². The van der Waals surface area contributed by atoms with Crippen molar-refractivity contribution < 1.29 is 39.4 Å². The van der Waals surface area contributed by atoms with E-state index in [2.05, 4.69) is 71.5 Å². The molecule has 69 heavy (non-hydrogen) atoms. The Morgan fingerprint density at radius 2 is 1.75 bits per heavy atom. The Balaban J connectivity index is 1.15. The molecule has 8 N–H and O–H groups in total. The molecule has 3 aliphatic carbocycles. The molecule has 0 radical (unpaired) electrons. The summed E-state index contributed by atoms with van der Waals surface area (Å²) in [4.78, 5) is 4.72. The highest BCUT2D eigenvalue weighted by Crippen LogP contribution is 2.61. The van der Waals surface area contributed by atoms with Gasteiger partial charge in [0.15, 0.2) is 17.6 Å². The van der Waals surface area contributed by atoms with Gasteiger partial charge in [-0.2, -0.15) is 0 Å². The molecule has 13 nitrogen and oxygen atoms in total. The number of aromatic hydroxyl groups is 2. The number of nitrogens with zero attached hydrogens (tertiary/aromatic N) is 1. The maximum atomic E-state index is 11.7. The standard InChI is InChI=1S/C56H71N5O8/c1-32(2)24-55(3,65)28-58-30-59-29-56(67-31-61-37-8-6-7-9-37)25-44-41-23-43-49(34-10-15-45-33(20-34)18-19-60-45)36(26-57-4)21-42-46(63)17-14-39(50(42)43)51(41)53-40(13-12-38(27-62)68-53)52(44)69-54(56)35-11-16-47(64)48(22-35)66-5/h10-11,14-18,20-22,32,37-38,43,49,54,57-59,61-65H,6-9,12-13,19,23-31H2,1-5H3/t38-,43-,49+,54-,55+,56+/m1/s1. The first kappa shape index (κ1) is 47.7. The van der Waals surface area contributed by atoms with E-state index in [1.165, 1.54) is 24.0 Å². The van der Waals surface area contributed by atoms with Crippen molar-refractivity contribution in [3.63, 3.8) is 0 Å². The molecule has 0 spiro atoms. The van der Waals surface area contributed by atoms with Gasteiger partial charge in [-0.05, 0) is 139 Å². The van der Waals surface area contributed by atoms with E-state index < -0.39 is 23.4 Å². The van der Waals surface area contributed by atoms with Crippen molar-refractivity contribution in [1.82, 2.24) is 21.3 Å². The summed E-state index contributed by atoms with van der Waals surface area (Å²) in [6, 6.07) is 16.3. The maximum Gasteiger partial charge on any atom is 0.160 e. The Morgan fingerprint density at radius 3 is 2.54 bits per heavy atom. The molecule has 0 unspecified atom stereocenters. The van der Waals surface area contributed by atoms with E-state index in [1.54, 1.807) is 13.2 Å². The van der Waals surface area contributed by atoms with E-state index in [4.69, 9.17) is 23.9 Å². The molecule has 368 valence electrons. The largest absolute Gasteiger partial charge is 0.507 e. The zero-order valence-electron chi connectivity index (χ0n) is 40.9. The number of hydrogen-bond donors (Lipinski definition) is 8. The van der Waals surface area contributed by atoms with Crippen molar-refractivity contribution in [2.75, 3.05) is 60.3 Å². The smallest absolute Gasteiger partial charge is 0.160 e. The summed E-state index contributed by atoms with van der Waals surface area (Å²) >= 11 is 0. The number of methoxy groups -OCH3 is 1. The molecule has 13 heteroatoms. The fourth-order valence-corrected chi connectivity index (χ4v) is 12.6. The average molecular weight is 942 g/mol. The molecular formula is C56H71N5O8. The van der Waals surface area contributed by atoms with Crippen LogP contribution in [0.2, 0.25) is 0 Å². The zero-order valence-corrected chi connectivity index (χ0v) is 40.9. The maximum absolute atomic E-state index is 11.7. The van der Waals surface area contributed by atoms with Gasteiger partial charge < -0.3 is 55.3 Å². The number of benzene rings is 4. The second-order valence-corrected chi connectivity index (χ2v) is 21.1. The Labute approximate surface area is 406 Å². The molecule has 3 heterocycles. The van der Waals surface area contributed by atoms with E-state index in [1.807, 2.05) is 32.2 Å². The first-order chi connectivity index (χ1) is 33.4. The molecule has 4 aromatic rings. The van der Waals surface area contributed by atoms with Crippen LogP contribution in [-0.2, 0) is 24.0 Å². The molecule has 3 aliphatic heterocycles. The summed E-state index contributed by atoms with van der Waals surface area (Å²) in [6.07, 6.45) is 10.9. The molecule has 6 aliphatic rings. The summed E-state index contributed by atoms with van der Waals surface area (Å²) in [7, 11) is 3.53. The lowest BCUT2D eigenvalue weighted by Crippen LogP contribution is -2.56. The van der Waals surface area contributed by atoms with Crippen LogP contribution in [0, 0.1) is 5.92 Å². The molecule has 4 aromatic carbocycles. The lowest BCUT2D eigenvalue weighted by atomic mass is 9.62. The number of aliphatic hydroxyl groups excluding tert-OH is 1. The molecule has 10 rings (SSSR count). The van der Waals surface area contributed by atoms with E-state index >= 15 is 0 Å². The van der Waals surface area contributed by atoms with Crippen molar-refractivity contribution in [1.29, 1.82) is 0 Å². The summed E-state index contributed by atoms with van der Waals surface area (Å²) in [5.41, 5.74) is 8.43. The number of rotatable bonds is 18. The number of likely N-dealkylation sites (N-methyl/N-ethyl adjacent to an activating group) is 1. The Kier molecular flexibility index (Phi) is 13.6. The molecule has 0 aromatic heterocycles. The molecular weight excluding hydrogens is 871 g/mol. The Bertz CT molecular complexity index is 2730. The van der Waals surface area contributed by atoms with Gasteiger partial charge in [0.2, 0.25) is 0 Å². The third kappa shape index (κ3) is 9.16. The minimum Gasteiger partial charge on any atom is -0.507 e. The number of ether oxygens (including phenoxy) is 4. The van der Waals surface area contributed by atoms with Gasteiger partial charge in [0.05, 0.1) is 38.0 Å². The number of nitrogens with one attached hydrogen (secondary N) is 4. The second kappa shape index (κ2) is 19.7. The predicted molar refractivity (Wildman–Crippen MR) is 268 cm³/mol. The number of hydrogen-bond acceptors (Lipinski definition) is 13. The Hall–Kier alpha value is -4.99. The van der Waals surface area contributed by atoms with Crippen LogP contribution < -0.4 is 46.1 Å². The van der Waals surface area contributed by atoms with Crippen LogP contribution >= 0.6 is 0 Å². The van der Waals surface area contributed by atoms with Gasteiger partial charge in [-0.3, -0.25) is 10.3 Å². The van der Waals surface area contributed by atoms with Crippen molar-refractivity contribution >= 4 is 12.2 Å². The predicted octanol–water partition coefficient (Wildman–Crippen LogP) is 5.77. The van der Waals surface area contributed by atoms with Crippen LogP contribution in [-0.4, -0.2) is 104 Å². The lowest BCUT2D eigenvalue weighted by molar-refractivity contribution is -0.131. The van der Waals surface area contributed by atoms with E-state index in [9.17, 15) is 20.4 Å². The number of aliphatic hydroxyl groups is 2. The second-order valence-electron chi connectivity index (χ2n) is 21.1. The number of fused-ring (bicyclic) bond motifs is 8. The highest BCUT2D eigenvalue weighted by Gasteiger charge is 2.51. The molecule has 6 atom stereocenters.